The fourth-order valence-corrected chi connectivity index (χ4v) is 4.90. The molecule has 5 heterocycles. The number of aromatic nitrogens is 5. The van der Waals surface area contributed by atoms with Gasteiger partial charge in [0.15, 0.2) is 0 Å². The van der Waals surface area contributed by atoms with Crippen molar-refractivity contribution in [2.75, 3.05) is 6.54 Å². The van der Waals surface area contributed by atoms with Crippen molar-refractivity contribution in [3.05, 3.63) is 76.7 Å². The van der Waals surface area contributed by atoms with Gasteiger partial charge in [-0.05, 0) is 43.0 Å². The molecule has 7 nitrogen and oxygen atoms in total. The number of benzene rings is 1. The van der Waals surface area contributed by atoms with Crippen molar-refractivity contribution in [1.82, 2.24) is 29.7 Å². The Morgan fingerprint density at radius 2 is 2.09 bits per heavy atom. The van der Waals surface area contributed by atoms with Gasteiger partial charge in [0.1, 0.15) is 23.2 Å². The number of nitrogens with one attached hydrogen (secondary N) is 1. The van der Waals surface area contributed by atoms with Gasteiger partial charge in [0.25, 0.3) is 0 Å². The molecule has 1 aliphatic rings. The lowest BCUT2D eigenvalue weighted by atomic mass is 10.0. The Kier molecular flexibility index (Phi) is 5.00. The van der Waals surface area contributed by atoms with Crippen LogP contribution in [0.5, 0.6) is 5.75 Å². The number of fused-ring (bicyclic) bond motifs is 3. The Bertz CT molecular complexity index is 1560. The van der Waals surface area contributed by atoms with E-state index < -0.39 is 0 Å². The first-order valence-corrected chi connectivity index (χ1v) is 11.5. The minimum Gasteiger partial charge on any atom is -0.484 e. The van der Waals surface area contributed by atoms with E-state index in [1.807, 2.05) is 19.2 Å². The maximum absolute atomic E-state index is 13.7. The van der Waals surface area contributed by atoms with Crippen LogP contribution in [0.1, 0.15) is 29.8 Å². The molecule has 0 fully saturated rings. The molecule has 1 aliphatic heterocycles. The summed E-state index contributed by atoms with van der Waals surface area (Å²) in [5.74, 6) is 0.295. The first kappa shape index (κ1) is 21.1. The van der Waals surface area contributed by atoms with E-state index in [-0.39, 0.29) is 11.9 Å². The van der Waals surface area contributed by atoms with E-state index in [9.17, 15) is 4.39 Å². The SMILES string of the molecule is Cc1c(-c2cc(OC(C)c3cncc4cc(F)ccc34)c3c(Cl)cnn3c2)nn2c1CNCC2. The van der Waals surface area contributed by atoms with Crippen molar-refractivity contribution in [2.24, 2.45) is 0 Å². The Balaban J connectivity index is 1.45. The van der Waals surface area contributed by atoms with Crippen LogP contribution >= 0.6 is 11.6 Å². The van der Waals surface area contributed by atoms with Crippen molar-refractivity contribution in [2.45, 2.75) is 33.0 Å². The van der Waals surface area contributed by atoms with E-state index >= 15 is 0 Å². The zero-order chi connectivity index (χ0) is 23.4. The van der Waals surface area contributed by atoms with Crippen LogP contribution in [-0.4, -0.2) is 30.9 Å². The summed E-state index contributed by atoms with van der Waals surface area (Å²) in [6.45, 7) is 6.56. The van der Waals surface area contributed by atoms with E-state index in [0.29, 0.717) is 16.3 Å². The van der Waals surface area contributed by atoms with Crippen LogP contribution in [0.4, 0.5) is 4.39 Å². The molecule has 1 unspecified atom stereocenters. The maximum atomic E-state index is 13.7. The van der Waals surface area contributed by atoms with E-state index in [0.717, 1.165) is 52.8 Å². The van der Waals surface area contributed by atoms with Crippen molar-refractivity contribution >= 4 is 27.9 Å². The van der Waals surface area contributed by atoms with Crippen LogP contribution in [0.25, 0.3) is 27.5 Å². The summed E-state index contributed by atoms with van der Waals surface area (Å²) in [6.07, 6.45) is 6.57. The summed E-state index contributed by atoms with van der Waals surface area (Å²) in [5, 5.41) is 14.8. The third-order valence-electron chi connectivity index (χ3n) is 6.41. The number of ether oxygens (including phenoxy) is 1. The largest absolute Gasteiger partial charge is 0.484 e. The van der Waals surface area contributed by atoms with E-state index in [4.69, 9.17) is 21.4 Å². The third kappa shape index (κ3) is 3.41. The quantitative estimate of drug-likeness (QED) is 0.391. The van der Waals surface area contributed by atoms with Crippen LogP contribution in [-0.2, 0) is 13.1 Å². The highest BCUT2D eigenvalue weighted by Gasteiger charge is 2.22. The average molecular weight is 477 g/mol. The lowest BCUT2D eigenvalue weighted by molar-refractivity contribution is 0.230. The molecule has 0 saturated carbocycles. The van der Waals surface area contributed by atoms with Crippen molar-refractivity contribution in [3.8, 4) is 17.0 Å². The number of halogens is 2. The molecule has 6 rings (SSSR count). The number of pyridine rings is 2. The predicted octanol–water partition coefficient (Wildman–Crippen LogP) is 5.09. The molecule has 0 aliphatic carbocycles. The maximum Gasteiger partial charge on any atom is 0.148 e. The lowest BCUT2D eigenvalue weighted by Gasteiger charge is -2.18. The Labute approximate surface area is 200 Å². The number of hydrogen-bond acceptors (Lipinski definition) is 5. The van der Waals surface area contributed by atoms with Crippen LogP contribution in [0.2, 0.25) is 5.02 Å². The standard InChI is InChI=1S/C25H22ClFN6O/c1-14-22-12-28-5-6-32(22)31-24(14)17-8-23(25-21(26)11-30-33(25)13-17)34-15(2)20-10-29-9-16-7-18(27)3-4-19(16)20/h3-4,7-11,13,15,28H,5-6,12H2,1-2H3. The monoisotopic (exact) mass is 476 g/mol. The molecular weight excluding hydrogens is 455 g/mol. The second-order valence-electron chi connectivity index (χ2n) is 8.55. The topological polar surface area (TPSA) is 69.3 Å². The fourth-order valence-electron chi connectivity index (χ4n) is 4.68. The molecule has 172 valence electrons. The summed E-state index contributed by atoms with van der Waals surface area (Å²) in [6, 6.07) is 6.64. The smallest absolute Gasteiger partial charge is 0.148 e. The normalized spacial score (nSPS) is 14.5. The van der Waals surface area contributed by atoms with Gasteiger partial charge in [-0.2, -0.15) is 10.2 Å². The fraction of sp³-hybridized carbons (Fsp3) is 0.240. The molecule has 1 N–H and O–H groups in total. The molecular formula is C25H22ClFN6O. The molecule has 0 amide bonds. The van der Waals surface area contributed by atoms with E-state index in [1.165, 1.54) is 17.8 Å². The summed E-state index contributed by atoms with van der Waals surface area (Å²) >= 11 is 6.49. The van der Waals surface area contributed by atoms with Crippen molar-refractivity contribution in [3.63, 3.8) is 0 Å². The highest BCUT2D eigenvalue weighted by Crippen LogP contribution is 2.37. The average Bonchev–Trinajstić information content (AvgIpc) is 3.38. The molecule has 4 aromatic heterocycles. The van der Waals surface area contributed by atoms with Gasteiger partial charge < -0.3 is 10.1 Å². The molecule has 0 saturated heterocycles. The minimum absolute atomic E-state index is 0.297. The number of rotatable bonds is 4. The lowest BCUT2D eigenvalue weighted by Crippen LogP contribution is -2.28. The van der Waals surface area contributed by atoms with Crippen molar-refractivity contribution < 1.29 is 9.13 Å². The summed E-state index contributed by atoms with van der Waals surface area (Å²) in [5.41, 5.74) is 5.64. The van der Waals surface area contributed by atoms with Gasteiger partial charge in [0, 0.05) is 48.2 Å². The Hall–Kier alpha value is -3.49. The summed E-state index contributed by atoms with van der Waals surface area (Å²) in [7, 11) is 0. The Morgan fingerprint density at radius 1 is 1.21 bits per heavy atom. The molecule has 0 spiro atoms. The highest BCUT2D eigenvalue weighted by molar-refractivity contribution is 6.34. The number of hydrogen-bond donors (Lipinski definition) is 1. The molecule has 34 heavy (non-hydrogen) atoms. The highest BCUT2D eigenvalue weighted by atomic mass is 35.5. The van der Waals surface area contributed by atoms with Crippen LogP contribution in [0, 0.1) is 12.7 Å². The second kappa shape index (κ2) is 8.07. The zero-order valence-electron chi connectivity index (χ0n) is 18.7. The molecule has 0 bridgehead atoms. The van der Waals surface area contributed by atoms with E-state index in [1.54, 1.807) is 29.2 Å². The van der Waals surface area contributed by atoms with Gasteiger partial charge in [-0.1, -0.05) is 17.7 Å². The summed E-state index contributed by atoms with van der Waals surface area (Å²) in [4.78, 5) is 4.29. The Morgan fingerprint density at radius 3 is 2.94 bits per heavy atom. The van der Waals surface area contributed by atoms with Crippen LogP contribution in [0.3, 0.4) is 0 Å². The molecule has 0 radical (unpaired) electrons. The first-order chi connectivity index (χ1) is 16.5. The summed E-state index contributed by atoms with van der Waals surface area (Å²) < 4.78 is 24.0. The number of nitrogens with zero attached hydrogens (tertiary/aromatic N) is 5. The minimum atomic E-state index is -0.368. The van der Waals surface area contributed by atoms with Gasteiger partial charge in [-0.25, -0.2) is 8.91 Å². The van der Waals surface area contributed by atoms with E-state index in [2.05, 4.69) is 27.0 Å². The van der Waals surface area contributed by atoms with Gasteiger partial charge in [0.2, 0.25) is 0 Å². The van der Waals surface area contributed by atoms with Crippen LogP contribution < -0.4 is 10.1 Å². The molecule has 1 aromatic carbocycles. The van der Waals surface area contributed by atoms with Crippen LogP contribution in [0.15, 0.2) is 49.1 Å². The molecule has 9 heteroatoms. The predicted molar refractivity (Wildman–Crippen MR) is 129 cm³/mol. The first-order valence-electron chi connectivity index (χ1n) is 11.1. The van der Waals surface area contributed by atoms with Gasteiger partial charge in [-0.3, -0.25) is 9.67 Å². The third-order valence-corrected chi connectivity index (χ3v) is 6.69. The molecule has 5 aromatic rings. The van der Waals surface area contributed by atoms with Gasteiger partial charge in [-0.15, -0.1) is 0 Å². The van der Waals surface area contributed by atoms with Crippen molar-refractivity contribution in [1.29, 1.82) is 0 Å². The zero-order valence-corrected chi connectivity index (χ0v) is 19.5. The van der Waals surface area contributed by atoms with Gasteiger partial charge in [0.05, 0.1) is 29.2 Å². The van der Waals surface area contributed by atoms with Gasteiger partial charge >= 0.3 is 0 Å². The second-order valence-corrected chi connectivity index (χ2v) is 8.96. The molecule has 1 atom stereocenters.